The Labute approximate surface area is 194 Å². The highest BCUT2D eigenvalue weighted by molar-refractivity contribution is 9.10. The van der Waals surface area contributed by atoms with Crippen LogP contribution in [0, 0.1) is 6.92 Å². The van der Waals surface area contributed by atoms with Gasteiger partial charge in [-0.1, -0.05) is 0 Å². The summed E-state index contributed by atoms with van der Waals surface area (Å²) in [5.41, 5.74) is 2.62. The summed E-state index contributed by atoms with van der Waals surface area (Å²) in [7, 11) is 3.14. The smallest absolute Gasteiger partial charge is 0.250 e. The average molecular weight is 503 g/mol. The van der Waals surface area contributed by atoms with E-state index in [2.05, 4.69) is 26.2 Å². The molecule has 162 valence electrons. The highest BCUT2D eigenvalue weighted by Crippen LogP contribution is 2.36. The van der Waals surface area contributed by atoms with Gasteiger partial charge >= 0.3 is 0 Å². The number of thiazole rings is 1. The number of ether oxygens (including phenoxy) is 3. The van der Waals surface area contributed by atoms with Crippen LogP contribution < -0.4 is 19.5 Å². The summed E-state index contributed by atoms with van der Waals surface area (Å²) in [6, 6.07) is 11.4. The molecule has 0 aliphatic rings. The van der Waals surface area contributed by atoms with Crippen molar-refractivity contribution in [2.24, 2.45) is 0 Å². The van der Waals surface area contributed by atoms with Crippen LogP contribution in [0.5, 0.6) is 17.2 Å². The second kappa shape index (κ2) is 10.5. The number of nitrogens with zero attached hydrogens (tertiary/aromatic N) is 1. The third kappa shape index (κ3) is 5.65. The summed E-state index contributed by atoms with van der Waals surface area (Å²) in [5.74, 6) is 1.73. The summed E-state index contributed by atoms with van der Waals surface area (Å²) >= 11 is 4.88. The van der Waals surface area contributed by atoms with Gasteiger partial charge in [-0.25, -0.2) is 4.98 Å². The number of hydrogen-bond donors (Lipinski definition) is 1. The number of hydrogen-bond acceptors (Lipinski definition) is 6. The van der Waals surface area contributed by atoms with Crippen molar-refractivity contribution < 1.29 is 19.0 Å². The van der Waals surface area contributed by atoms with Gasteiger partial charge in [-0.05, 0) is 77.8 Å². The summed E-state index contributed by atoms with van der Waals surface area (Å²) in [5, 5.41) is 3.38. The molecule has 8 heteroatoms. The molecule has 0 atom stereocenters. The Bertz CT molecular complexity index is 1090. The van der Waals surface area contributed by atoms with E-state index in [0.29, 0.717) is 23.2 Å². The van der Waals surface area contributed by atoms with E-state index in [1.54, 1.807) is 26.4 Å². The molecular weight excluding hydrogens is 480 g/mol. The van der Waals surface area contributed by atoms with Gasteiger partial charge in [-0.15, -0.1) is 11.3 Å². The first kappa shape index (κ1) is 22.8. The number of nitrogens with one attached hydrogen (secondary N) is 1. The first-order chi connectivity index (χ1) is 14.9. The topological polar surface area (TPSA) is 69.7 Å². The number of anilines is 1. The van der Waals surface area contributed by atoms with Gasteiger partial charge < -0.3 is 14.2 Å². The first-order valence-corrected chi connectivity index (χ1v) is 11.2. The van der Waals surface area contributed by atoms with Gasteiger partial charge in [0.25, 0.3) is 0 Å². The molecule has 2 aromatic carbocycles. The van der Waals surface area contributed by atoms with Gasteiger partial charge in [0, 0.05) is 16.5 Å². The van der Waals surface area contributed by atoms with Gasteiger partial charge in [0.2, 0.25) is 5.91 Å². The quantitative estimate of drug-likeness (QED) is 0.385. The maximum atomic E-state index is 12.4. The Hall–Kier alpha value is -2.84. The molecule has 0 aliphatic heterocycles. The van der Waals surface area contributed by atoms with E-state index in [4.69, 9.17) is 14.2 Å². The van der Waals surface area contributed by atoms with Gasteiger partial charge in [-0.2, -0.15) is 0 Å². The monoisotopic (exact) mass is 502 g/mol. The number of methoxy groups -OCH3 is 2. The van der Waals surface area contributed by atoms with E-state index in [1.165, 1.54) is 17.4 Å². The molecule has 3 aromatic rings. The number of amides is 1. The number of aromatic nitrogens is 1. The van der Waals surface area contributed by atoms with Gasteiger partial charge in [-0.3, -0.25) is 10.1 Å². The summed E-state index contributed by atoms with van der Waals surface area (Å²) in [6.07, 6.45) is 3.16. The van der Waals surface area contributed by atoms with E-state index in [-0.39, 0.29) is 5.91 Å². The number of aryl methyl sites for hydroxylation is 1. The van der Waals surface area contributed by atoms with E-state index >= 15 is 0 Å². The molecule has 0 unspecified atom stereocenters. The number of halogens is 1. The van der Waals surface area contributed by atoms with Crippen LogP contribution in [0.3, 0.4) is 0 Å². The highest BCUT2D eigenvalue weighted by atomic mass is 79.9. The van der Waals surface area contributed by atoms with Crippen molar-refractivity contribution in [3.8, 4) is 28.5 Å². The van der Waals surface area contributed by atoms with Gasteiger partial charge in [0.1, 0.15) is 5.75 Å². The number of rotatable bonds is 8. The molecule has 0 fully saturated rings. The summed E-state index contributed by atoms with van der Waals surface area (Å²) in [6.45, 7) is 4.56. The molecule has 0 aliphatic carbocycles. The summed E-state index contributed by atoms with van der Waals surface area (Å²) in [4.78, 5) is 18.0. The zero-order chi connectivity index (χ0) is 22.4. The van der Waals surface area contributed by atoms with Crippen molar-refractivity contribution in [2.75, 3.05) is 26.1 Å². The Morgan fingerprint density at radius 1 is 1.19 bits per heavy atom. The minimum atomic E-state index is -0.266. The Morgan fingerprint density at radius 3 is 2.58 bits per heavy atom. The Kier molecular flexibility index (Phi) is 7.70. The molecule has 1 aromatic heterocycles. The van der Waals surface area contributed by atoms with Crippen LogP contribution in [0.2, 0.25) is 0 Å². The maximum absolute atomic E-state index is 12.4. The fourth-order valence-corrected chi connectivity index (χ4v) is 4.41. The van der Waals surface area contributed by atoms with Crippen molar-refractivity contribution in [3.63, 3.8) is 0 Å². The number of benzene rings is 2. The second-order valence-electron chi connectivity index (χ2n) is 6.44. The van der Waals surface area contributed by atoms with E-state index < -0.39 is 0 Å². The largest absolute Gasteiger partial charge is 0.494 e. The van der Waals surface area contributed by atoms with E-state index in [9.17, 15) is 4.79 Å². The predicted molar refractivity (Wildman–Crippen MR) is 128 cm³/mol. The van der Waals surface area contributed by atoms with Crippen molar-refractivity contribution in [1.29, 1.82) is 0 Å². The fourth-order valence-electron chi connectivity index (χ4n) is 2.95. The van der Waals surface area contributed by atoms with Crippen LogP contribution in [0.4, 0.5) is 5.13 Å². The van der Waals surface area contributed by atoms with Gasteiger partial charge in [0.05, 0.1) is 31.0 Å². The van der Waals surface area contributed by atoms with Crippen LogP contribution in [-0.4, -0.2) is 31.7 Å². The normalized spacial score (nSPS) is 10.9. The molecule has 3 rings (SSSR count). The zero-order valence-corrected chi connectivity index (χ0v) is 20.1. The lowest BCUT2D eigenvalue weighted by Crippen LogP contribution is -2.07. The number of carbonyl (C=O) groups excluding carboxylic acids is 1. The van der Waals surface area contributed by atoms with Gasteiger partial charge in [0.15, 0.2) is 16.6 Å². The van der Waals surface area contributed by atoms with Crippen LogP contribution in [0.25, 0.3) is 17.3 Å². The minimum absolute atomic E-state index is 0.266. The second-order valence-corrected chi connectivity index (χ2v) is 8.50. The van der Waals surface area contributed by atoms with Crippen LogP contribution >= 0.6 is 27.3 Å². The van der Waals surface area contributed by atoms with Crippen molar-refractivity contribution in [3.05, 3.63) is 57.4 Å². The van der Waals surface area contributed by atoms with Crippen LogP contribution in [0.1, 0.15) is 17.4 Å². The first-order valence-electron chi connectivity index (χ1n) is 9.56. The molecule has 0 bridgehead atoms. The average Bonchev–Trinajstić information content (AvgIpc) is 3.12. The summed E-state index contributed by atoms with van der Waals surface area (Å²) < 4.78 is 16.9. The van der Waals surface area contributed by atoms with Crippen molar-refractivity contribution >= 4 is 44.4 Å². The fraction of sp³-hybridized carbons (Fsp3) is 0.217. The molecule has 1 N–H and O–H groups in total. The minimum Gasteiger partial charge on any atom is -0.494 e. The molecule has 0 spiro atoms. The molecule has 1 amide bonds. The van der Waals surface area contributed by atoms with Crippen molar-refractivity contribution in [2.45, 2.75) is 13.8 Å². The lowest BCUT2D eigenvalue weighted by Gasteiger charge is -2.10. The Balaban J connectivity index is 1.71. The molecule has 31 heavy (non-hydrogen) atoms. The highest BCUT2D eigenvalue weighted by Gasteiger charge is 2.12. The van der Waals surface area contributed by atoms with E-state index in [0.717, 1.165) is 31.9 Å². The standard InChI is InChI=1S/C23H23BrN2O4S/c1-5-30-17-9-7-16(8-10-17)21-14(2)31-23(26-21)25-20(27)11-6-15-12-18(24)22(29-4)19(13-15)28-3/h6-13H,5H2,1-4H3,(H,25,26,27)/b11-6+. The lowest BCUT2D eigenvalue weighted by atomic mass is 10.1. The molecule has 0 saturated carbocycles. The maximum Gasteiger partial charge on any atom is 0.250 e. The third-order valence-electron chi connectivity index (χ3n) is 4.35. The number of carbonyl (C=O) groups is 1. The lowest BCUT2D eigenvalue weighted by molar-refractivity contribution is -0.111. The van der Waals surface area contributed by atoms with Crippen LogP contribution in [-0.2, 0) is 4.79 Å². The predicted octanol–water partition coefficient (Wildman–Crippen LogP) is 5.95. The molecule has 0 saturated heterocycles. The van der Waals surface area contributed by atoms with Crippen molar-refractivity contribution in [1.82, 2.24) is 4.98 Å². The van der Waals surface area contributed by atoms with E-state index in [1.807, 2.05) is 44.2 Å². The molecule has 1 heterocycles. The molecule has 0 radical (unpaired) electrons. The Morgan fingerprint density at radius 2 is 1.94 bits per heavy atom. The van der Waals surface area contributed by atoms with Crippen LogP contribution in [0.15, 0.2) is 46.9 Å². The zero-order valence-electron chi connectivity index (χ0n) is 17.7. The molecule has 6 nitrogen and oxygen atoms in total. The SMILES string of the molecule is CCOc1ccc(-c2nc(NC(=O)/C=C/c3cc(Br)c(OC)c(OC)c3)sc2C)cc1. The third-order valence-corrected chi connectivity index (χ3v) is 5.82. The molecular formula is C23H23BrN2O4S.